The first-order chi connectivity index (χ1) is 15.9. The maximum absolute atomic E-state index is 13.1. The fraction of sp³-hybridized carbons (Fsp3) is 0.231. The summed E-state index contributed by atoms with van der Waals surface area (Å²) in [6.07, 6.45) is 3.62. The number of nitrogens with one attached hydrogen (secondary N) is 2. The standard InChI is InChI=1S/C26H25BrN4O2/c1-16-21(26(33)31-11-9-30(2)10-12-31)15-28-23(16)14-20-24-19(17-5-3-6-18(27)13-17)7-4-8-22(24)29-25(20)32/h3-8,13-15,28H,9-12H2,1-2H3,(H,29,32)/b20-14-. The number of anilines is 1. The number of aromatic amines is 1. The van der Waals surface area contributed by atoms with E-state index in [1.807, 2.05) is 60.4 Å². The van der Waals surface area contributed by atoms with Gasteiger partial charge in [-0.3, -0.25) is 9.59 Å². The molecule has 2 N–H and O–H groups in total. The van der Waals surface area contributed by atoms with Gasteiger partial charge >= 0.3 is 0 Å². The Hall–Kier alpha value is -3.16. The van der Waals surface area contributed by atoms with Crippen LogP contribution < -0.4 is 5.32 Å². The first-order valence-corrected chi connectivity index (χ1v) is 11.8. The van der Waals surface area contributed by atoms with Crippen molar-refractivity contribution in [2.75, 3.05) is 38.5 Å². The summed E-state index contributed by atoms with van der Waals surface area (Å²) in [4.78, 5) is 33.4. The van der Waals surface area contributed by atoms with Gasteiger partial charge in [0.1, 0.15) is 0 Å². The molecule has 1 saturated heterocycles. The quantitative estimate of drug-likeness (QED) is 0.510. The average molecular weight is 505 g/mol. The molecule has 6 nitrogen and oxygen atoms in total. The number of halogens is 1. The van der Waals surface area contributed by atoms with Crippen LogP contribution in [-0.2, 0) is 4.79 Å². The monoisotopic (exact) mass is 504 g/mol. The van der Waals surface area contributed by atoms with Crippen LogP contribution in [0.5, 0.6) is 0 Å². The number of carbonyl (C=O) groups is 2. The number of hydrogen-bond donors (Lipinski definition) is 2. The lowest BCUT2D eigenvalue weighted by Gasteiger charge is -2.32. The Bertz CT molecular complexity index is 1290. The maximum Gasteiger partial charge on any atom is 0.256 e. The van der Waals surface area contributed by atoms with Crippen molar-refractivity contribution in [2.45, 2.75) is 6.92 Å². The van der Waals surface area contributed by atoms with Crippen LogP contribution >= 0.6 is 15.9 Å². The molecule has 3 heterocycles. The Morgan fingerprint density at radius 2 is 1.85 bits per heavy atom. The smallest absolute Gasteiger partial charge is 0.256 e. The molecule has 3 aromatic rings. The number of piperazine rings is 1. The van der Waals surface area contributed by atoms with Crippen molar-refractivity contribution in [3.05, 3.63) is 75.5 Å². The number of aromatic nitrogens is 1. The fourth-order valence-corrected chi connectivity index (χ4v) is 4.89. The molecule has 2 aromatic carbocycles. The van der Waals surface area contributed by atoms with E-state index >= 15 is 0 Å². The second-order valence-corrected chi connectivity index (χ2v) is 9.50. The molecule has 7 heteroatoms. The molecule has 1 fully saturated rings. The summed E-state index contributed by atoms with van der Waals surface area (Å²) in [5.41, 5.74) is 6.55. The van der Waals surface area contributed by atoms with Crippen LogP contribution in [-0.4, -0.2) is 59.8 Å². The topological polar surface area (TPSA) is 68.4 Å². The lowest BCUT2D eigenvalue weighted by molar-refractivity contribution is -0.110. The molecule has 5 rings (SSSR count). The van der Waals surface area contributed by atoms with Crippen molar-refractivity contribution in [1.82, 2.24) is 14.8 Å². The number of rotatable bonds is 3. The molecule has 1 aromatic heterocycles. The maximum atomic E-state index is 13.1. The average Bonchev–Trinajstić information content (AvgIpc) is 3.33. The van der Waals surface area contributed by atoms with Crippen LogP contribution in [0.3, 0.4) is 0 Å². The first-order valence-electron chi connectivity index (χ1n) is 11.0. The van der Waals surface area contributed by atoms with Crippen molar-refractivity contribution >= 4 is 45.1 Å². The van der Waals surface area contributed by atoms with Gasteiger partial charge in [0.25, 0.3) is 11.8 Å². The van der Waals surface area contributed by atoms with E-state index in [9.17, 15) is 9.59 Å². The summed E-state index contributed by atoms with van der Waals surface area (Å²) in [6, 6.07) is 13.9. The van der Waals surface area contributed by atoms with Crippen molar-refractivity contribution in [2.24, 2.45) is 0 Å². The Labute approximate surface area is 201 Å². The van der Waals surface area contributed by atoms with Crippen LogP contribution in [0.2, 0.25) is 0 Å². The predicted molar refractivity (Wildman–Crippen MR) is 135 cm³/mol. The number of benzene rings is 2. The molecule has 0 atom stereocenters. The minimum Gasteiger partial charge on any atom is -0.361 e. The SMILES string of the molecule is Cc1c(C(=O)N2CCN(C)CC2)c[nH]c1/C=C1\C(=O)Nc2cccc(-c3cccc(Br)c3)c21. The molecule has 0 aliphatic carbocycles. The number of fused-ring (bicyclic) bond motifs is 1. The summed E-state index contributed by atoms with van der Waals surface area (Å²) in [7, 11) is 2.07. The largest absolute Gasteiger partial charge is 0.361 e. The molecule has 0 radical (unpaired) electrons. The van der Waals surface area contributed by atoms with Gasteiger partial charge in [-0.1, -0.05) is 40.2 Å². The number of nitrogens with zero attached hydrogens (tertiary/aromatic N) is 2. The summed E-state index contributed by atoms with van der Waals surface area (Å²) < 4.78 is 0.979. The molecular formula is C26H25BrN4O2. The number of likely N-dealkylation sites (N-methyl/N-ethyl adjacent to an activating group) is 1. The van der Waals surface area contributed by atoms with Gasteiger partial charge in [0.05, 0.1) is 11.1 Å². The minimum atomic E-state index is -0.145. The van der Waals surface area contributed by atoms with Crippen molar-refractivity contribution in [3.8, 4) is 11.1 Å². The van der Waals surface area contributed by atoms with Gasteiger partial charge in [-0.25, -0.2) is 0 Å². The van der Waals surface area contributed by atoms with Crippen molar-refractivity contribution < 1.29 is 9.59 Å². The summed E-state index contributed by atoms with van der Waals surface area (Å²) in [5.74, 6) is -0.110. The third-order valence-electron chi connectivity index (χ3n) is 6.45. The lowest BCUT2D eigenvalue weighted by Crippen LogP contribution is -2.47. The Morgan fingerprint density at radius 3 is 2.61 bits per heavy atom. The summed E-state index contributed by atoms with van der Waals surface area (Å²) >= 11 is 3.54. The van der Waals surface area contributed by atoms with Gasteiger partial charge in [0.2, 0.25) is 0 Å². The van der Waals surface area contributed by atoms with E-state index in [-0.39, 0.29) is 11.8 Å². The zero-order chi connectivity index (χ0) is 23.1. The van der Waals surface area contributed by atoms with Crippen LogP contribution in [0.15, 0.2) is 53.1 Å². The van der Waals surface area contributed by atoms with Crippen LogP contribution in [0.1, 0.15) is 27.2 Å². The Morgan fingerprint density at radius 1 is 1.09 bits per heavy atom. The van der Waals surface area contributed by atoms with Gasteiger partial charge < -0.3 is 20.1 Å². The number of H-pyrrole nitrogens is 1. The van der Waals surface area contributed by atoms with Crippen LogP contribution in [0.25, 0.3) is 22.8 Å². The molecule has 0 bridgehead atoms. The highest BCUT2D eigenvalue weighted by molar-refractivity contribution is 9.10. The summed E-state index contributed by atoms with van der Waals surface area (Å²) in [6.45, 7) is 5.13. The molecule has 33 heavy (non-hydrogen) atoms. The van der Waals surface area contributed by atoms with Gasteiger partial charge in [0.15, 0.2) is 0 Å². The van der Waals surface area contributed by atoms with E-state index in [0.717, 1.165) is 64.3 Å². The summed E-state index contributed by atoms with van der Waals surface area (Å²) in [5, 5.41) is 2.98. The van der Waals surface area contributed by atoms with Gasteiger partial charge in [-0.15, -0.1) is 0 Å². The third-order valence-corrected chi connectivity index (χ3v) is 6.95. The molecule has 0 unspecified atom stereocenters. The number of carbonyl (C=O) groups excluding carboxylic acids is 2. The third kappa shape index (κ3) is 4.03. The number of hydrogen-bond acceptors (Lipinski definition) is 3. The zero-order valence-electron chi connectivity index (χ0n) is 18.6. The Balaban J connectivity index is 1.52. The van der Waals surface area contributed by atoms with E-state index in [1.165, 1.54) is 0 Å². The highest BCUT2D eigenvalue weighted by Gasteiger charge is 2.29. The molecule has 2 aliphatic rings. The number of amides is 2. The second-order valence-electron chi connectivity index (χ2n) is 8.59. The van der Waals surface area contributed by atoms with E-state index in [1.54, 1.807) is 6.20 Å². The van der Waals surface area contributed by atoms with Gasteiger partial charge in [0, 0.05) is 53.8 Å². The van der Waals surface area contributed by atoms with Crippen molar-refractivity contribution in [1.29, 1.82) is 0 Å². The molecule has 0 spiro atoms. The van der Waals surface area contributed by atoms with Crippen molar-refractivity contribution in [3.63, 3.8) is 0 Å². The molecular weight excluding hydrogens is 480 g/mol. The van der Waals surface area contributed by atoms with Gasteiger partial charge in [-0.2, -0.15) is 0 Å². The van der Waals surface area contributed by atoms with E-state index in [4.69, 9.17) is 0 Å². The molecule has 2 aliphatic heterocycles. The van der Waals surface area contributed by atoms with E-state index in [0.29, 0.717) is 11.1 Å². The van der Waals surface area contributed by atoms with E-state index < -0.39 is 0 Å². The highest BCUT2D eigenvalue weighted by Crippen LogP contribution is 2.41. The molecule has 168 valence electrons. The minimum absolute atomic E-state index is 0.0348. The Kier molecular flexibility index (Phi) is 5.68. The van der Waals surface area contributed by atoms with E-state index in [2.05, 4.69) is 38.2 Å². The van der Waals surface area contributed by atoms with Crippen LogP contribution in [0.4, 0.5) is 5.69 Å². The first kappa shape index (κ1) is 21.7. The van der Waals surface area contributed by atoms with Gasteiger partial charge in [-0.05, 0) is 54.9 Å². The zero-order valence-corrected chi connectivity index (χ0v) is 20.2. The normalized spacial score (nSPS) is 17.4. The second kappa shape index (κ2) is 8.65. The predicted octanol–water partition coefficient (Wildman–Crippen LogP) is 4.63. The van der Waals surface area contributed by atoms with Crippen LogP contribution in [0, 0.1) is 6.92 Å². The lowest BCUT2D eigenvalue weighted by atomic mass is 9.94. The highest BCUT2D eigenvalue weighted by atomic mass is 79.9. The molecule has 2 amide bonds. The molecule has 0 saturated carbocycles. The fourth-order valence-electron chi connectivity index (χ4n) is 4.49.